The van der Waals surface area contributed by atoms with E-state index in [9.17, 15) is 0 Å². The first-order valence-corrected chi connectivity index (χ1v) is 14.0. The molecule has 156 valence electrons. The minimum Gasteiger partial charge on any atom is -0.413 e. The predicted molar refractivity (Wildman–Crippen MR) is 123 cm³/mol. The highest BCUT2D eigenvalue weighted by Crippen LogP contribution is 2.37. The highest BCUT2D eigenvalue weighted by atomic mass is 28.4. The summed E-state index contributed by atoms with van der Waals surface area (Å²) in [5, 5.41) is 4.06. The minimum atomic E-state index is -1.74. The lowest BCUT2D eigenvalue weighted by atomic mass is 10.0. The quantitative estimate of drug-likeness (QED) is 0.281. The van der Waals surface area contributed by atoms with Crippen LogP contribution in [0, 0.1) is 0 Å². The van der Waals surface area contributed by atoms with Gasteiger partial charge in [-0.05, 0) is 37.0 Å². The molecule has 0 aliphatic rings. The van der Waals surface area contributed by atoms with Gasteiger partial charge in [0.25, 0.3) is 0 Å². The molecule has 0 bridgehead atoms. The lowest BCUT2D eigenvalue weighted by molar-refractivity contribution is 0.144. The maximum atomic E-state index is 6.72. The Morgan fingerprint density at radius 1 is 0.963 bits per heavy atom. The standard InChI is InChI=1S/C24H45NOSi/c1-8-9-10-11-12-16-19-23(25-20-22-17-14-13-15-18-22)21(2)26-27(6,7)24(3,4)5/h13-15,17-18,21,23,25H,8-12,16,19-20H2,1-7H3/t21-,23+/m0/s1. The van der Waals surface area contributed by atoms with Crippen LogP contribution < -0.4 is 5.32 Å². The van der Waals surface area contributed by atoms with Gasteiger partial charge in [-0.25, -0.2) is 0 Å². The van der Waals surface area contributed by atoms with Crippen molar-refractivity contribution in [3.63, 3.8) is 0 Å². The lowest BCUT2D eigenvalue weighted by Crippen LogP contribution is -2.49. The summed E-state index contributed by atoms with van der Waals surface area (Å²) in [6, 6.07) is 11.2. The maximum Gasteiger partial charge on any atom is 0.192 e. The zero-order valence-corrected chi connectivity index (χ0v) is 20.1. The third kappa shape index (κ3) is 9.40. The average Bonchev–Trinajstić information content (AvgIpc) is 2.59. The summed E-state index contributed by atoms with van der Waals surface area (Å²) in [7, 11) is -1.74. The molecule has 0 aliphatic heterocycles. The highest BCUT2D eigenvalue weighted by Gasteiger charge is 2.39. The zero-order chi connectivity index (χ0) is 20.3. The largest absolute Gasteiger partial charge is 0.413 e. The van der Waals surface area contributed by atoms with Crippen LogP contribution in [-0.2, 0) is 11.0 Å². The van der Waals surface area contributed by atoms with Gasteiger partial charge in [0, 0.05) is 12.6 Å². The molecule has 0 spiro atoms. The molecule has 27 heavy (non-hydrogen) atoms. The monoisotopic (exact) mass is 391 g/mol. The van der Waals surface area contributed by atoms with Crippen LogP contribution in [-0.4, -0.2) is 20.5 Å². The molecule has 2 nitrogen and oxygen atoms in total. The first kappa shape index (κ1) is 24.4. The summed E-state index contributed by atoms with van der Waals surface area (Å²) >= 11 is 0. The maximum absolute atomic E-state index is 6.72. The van der Waals surface area contributed by atoms with Gasteiger partial charge in [0.05, 0.1) is 6.10 Å². The molecular weight excluding hydrogens is 346 g/mol. The SMILES string of the molecule is CCCCCCCC[C@@H](NCc1ccccc1)[C@H](C)O[Si](C)(C)C(C)(C)C. The number of hydrogen-bond acceptors (Lipinski definition) is 2. The van der Waals surface area contributed by atoms with E-state index in [4.69, 9.17) is 4.43 Å². The van der Waals surface area contributed by atoms with Crippen LogP contribution in [0.2, 0.25) is 18.1 Å². The number of benzene rings is 1. The summed E-state index contributed by atoms with van der Waals surface area (Å²) in [5.74, 6) is 0. The molecule has 0 aromatic heterocycles. The molecule has 2 atom stereocenters. The van der Waals surface area contributed by atoms with Crippen molar-refractivity contribution in [3.05, 3.63) is 35.9 Å². The number of unbranched alkanes of at least 4 members (excludes halogenated alkanes) is 5. The van der Waals surface area contributed by atoms with Crippen LogP contribution >= 0.6 is 0 Å². The molecule has 0 heterocycles. The van der Waals surface area contributed by atoms with Crippen molar-refractivity contribution in [3.8, 4) is 0 Å². The molecule has 1 aromatic rings. The Balaban J connectivity index is 2.62. The second-order valence-electron chi connectivity index (χ2n) is 9.61. The molecule has 3 heteroatoms. The molecule has 0 amide bonds. The van der Waals surface area contributed by atoms with Gasteiger partial charge in [-0.15, -0.1) is 0 Å². The number of rotatable bonds is 13. The summed E-state index contributed by atoms with van der Waals surface area (Å²) < 4.78 is 6.72. The van der Waals surface area contributed by atoms with E-state index in [1.165, 1.54) is 50.5 Å². The third-order valence-corrected chi connectivity index (χ3v) is 10.7. The van der Waals surface area contributed by atoms with Crippen LogP contribution in [0.5, 0.6) is 0 Å². The Morgan fingerprint density at radius 2 is 1.56 bits per heavy atom. The van der Waals surface area contributed by atoms with Gasteiger partial charge in [-0.2, -0.15) is 0 Å². The molecule has 1 aromatic carbocycles. The molecule has 0 radical (unpaired) electrons. The van der Waals surface area contributed by atoms with E-state index in [0.29, 0.717) is 6.04 Å². The molecule has 0 saturated heterocycles. The lowest BCUT2D eigenvalue weighted by Gasteiger charge is -2.40. The Kier molecular flexibility index (Phi) is 10.9. The normalized spacial score (nSPS) is 14.9. The van der Waals surface area contributed by atoms with E-state index in [0.717, 1.165) is 6.54 Å². The Bertz CT molecular complexity index is 495. The smallest absolute Gasteiger partial charge is 0.192 e. The van der Waals surface area contributed by atoms with Crippen molar-refractivity contribution in [1.29, 1.82) is 0 Å². The molecular formula is C24H45NOSi. The van der Waals surface area contributed by atoms with Crippen molar-refractivity contribution in [2.75, 3.05) is 0 Å². The first-order chi connectivity index (χ1) is 12.7. The van der Waals surface area contributed by atoms with E-state index in [1.54, 1.807) is 0 Å². The summed E-state index contributed by atoms with van der Waals surface area (Å²) in [5.41, 5.74) is 1.35. The van der Waals surface area contributed by atoms with Crippen molar-refractivity contribution in [1.82, 2.24) is 5.32 Å². The Morgan fingerprint density at radius 3 is 2.15 bits per heavy atom. The molecule has 0 saturated carbocycles. The molecule has 0 unspecified atom stereocenters. The van der Waals surface area contributed by atoms with E-state index in [2.05, 4.69) is 83.4 Å². The summed E-state index contributed by atoms with van der Waals surface area (Å²) in [6.45, 7) is 17.2. The summed E-state index contributed by atoms with van der Waals surface area (Å²) in [6.07, 6.45) is 9.54. The van der Waals surface area contributed by atoms with E-state index < -0.39 is 8.32 Å². The molecule has 0 aliphatic carbocycles. The van der Waals surface area contributed by atoms with Crippen molar-refractivity contribution in [2.24, 2.45) is 0 Å². The topological polar surface area (TPSA) is 21.3 Å². The van der Waals surface area contributed by atoms with E-state index in [-0.39, 0.29) is 11.1 Å². The Labute approximate surface area is 170 Å². The van der Waals surface area contributed by atoms with Gasteiger partial charge in [0.2, 0.25) is 0 Å². The fraction of sp³-hybridized carbons (Fsp3) is 0.750. The number of hydrogen-bond donors (Lipinski definition) is 1. The van der Waals surface area contributed by atoms with E-state index in [1.807, 2.05) is 0 Å². The van der Waals surface area contributed by atoms with Crippen molar-refractivity contribution in [2.45, 2.75) is 116 Å². The average molecular weight is 392 g/mol. The van der Waals surface area contributed by atoms with Crippen molar-refractivity contribution < 1.29 is 4.43 Å². The van der Waals surface area contributed by atoms with Gasteiger partial charge in [0.15, 0.2) is 8.32 Å². The van der Waals surface area contributed by atoms with Gasteiger partial charge in [-0.1, -0.05) is 96.6 Å². The molecule has 1 rings (SSSR count). The van der Waals surface area contributed by atoms with Crippen LogP contribution in [0.15, 0.2) is 30.3 Å². The second-order valence-corrected chi connectivity index (χ2v) is 14.4. The fourth-order valence-corrected chi connectivity index (χ4v) is 4.66. The first-order valence-electron chi connectivity index (χ1n) is 11.1. The van der Waals surface area contributed by atoms with Gasteiger partial charge in [0.1, 0.15) is 0 Å². The van der Waals surface area contributed by atoms with Gasteiger partial charge < -0.3 is 9.74 Å². The predicted octanol–water partition coefficient (Wildman–Crippen LogP) is 7.31. The zero-order valence-electron chi connectivity index (χ0n) is 19.1. The molecule has 0 fully saturated rings. The summed E-state index contributed by atoms with van der Waals surface area (Å²) in [4.78, 5) is 0. The minimum absolute atomic E-state index is 0.255. The van der Waals surface area contributed by atoms with Gasteiger partial charge in [-0.3, -0.25) is 0 Å². The second kappa shape index (κ2) is 12.0. The van der Waals surface area contributed by atoms with Crippen molar-refractivity contribution >= 4 is 8.32 Å². The fourth-order valence-electron chi connectivity index (χ4n) is 3.22. The highest BCUT2D eigenvalue weighted by molar-refractivity contribution is 6.74. The molecule has 1 N–H and O–H groups in total. The Hall–Kier alpha value is -0.643. The third-order valence-electron chi connectivity index (χ3n) is 6.13. The van der Waals surface area contributed by atoms with Crippen LogP contribution in [0.4, 0.5) is 0 Å². The van der Waals surface area contributed by atoms with Crippen LogP contribution in [0.1, 0.15) is 85.1 Å². The van der Waals surface area contributed by atoms with Gasteiger partial charge >= 0.3 is 0 Å². The van der Waals surface area contributed by atoms with Crippen LogP contribution in [0.25, 0.3) is 0 Å². The van der Waals surface area contributed by atoms with Crippen LogP contribution in [0.3, 0.4) is 0 Å². The van der Waals surface area contributed by atoms with E-state index >= 15 is 0 Å². The number of nitrogens with one attached hydrogen (secondary N) is 1.